The van der Waals surface area contributed by atoms with Crippen molar-refractivity contribution in [2.24, 2.45) is 0 Å². The number of methoxy groups -OCH3 is 1. The van der Waals surface area contributed by atoms with E-state index in [4.69, 9.17) is 16.3 Å². The molecule has 0 aliphatic carbocycles. The lowest BCUT2D eigenvalue weighted by molar-refractivity contribution is 0.172. The summed E-state index contributed by atoms with van der Waals surface area (Å²) < 4.78 is 4.92. The van der Waals surface area contributed by atoms with Gasteiger partial charge in [0.1, 0.15) is 6.10 Å². The van der Waals surface area contributed by atoms with E-state index in [0.29, 0.717) is 23.0 Å². The van der Waals surface area contributed by atoms with E-state index in [1.54, 1.807) is 12.1 Å². The summed E-state index contributed by atoms with van der Waals surface area (Å²) in [4.78, 5) is 0. The Hall–Kier alpha value is -1.65. The lowest BCUT2D eigenvalue weighted by Crippen LogP contribution is -2.06. The largest absolute Gasteiger partial charge is 0.480 e. The van der Waals surface area contributed by atoms with E-state index >= 15 is 0 Å². The Labute approximate surface area is 117 Å². The first-order chi connectivity index (χ1) is 9.10. The Kier molecular flexibility index (Phi) is 4.35. The van der Waals surface area contributed by atoms with Crippen molar-refractivity contribution in [2.45, 2.75) is 19.4 Å². The molecule has 0 saturated heterocycles. The molecule has 4 nitrogen and oxygen atoms in total. The van der Waals surface area contributed by atoms with Crippen molar-refractivity contribution >= 4 is 11.6 Å². The number of aliphatic hydroxyl groups excluding tert-OH is 1. The van der Waals surface area contributed by atoms with Crippen LogP contribution in [0.25, 0.3) is 0 Å². The maximum absolute atomic E-state index is 10.1. The second-order valence-corrected chi connectivity index (χ2v) is 4.72. The van der Waals surface area contributed by atoms with Crippen molar-refractivity contribution in [1.82, 2.24) is 10.2 Å². The molecule has 0 saturated carbocycles. The molecule has 1 unspecified atom stereocenters. The molecule has 2 aromatic rings. The molecule has 0 spiro atoms. The number of hydrogen-bond donors (Lipinski definition) is 1. The molecule has 0 aliphatic heterocycles. The summed E-state index contributed by atoms with van der Waals surface area (Å²) in [7, 11) is 1.52. The second kappa shape index (κ2) is 5.99. The molecule has 1 N–H and O–H groups in total. The molecular formula is C14H15ClN2O2. The van der Waals surface area contributed by atoms with Crippen LogP contribution in [0.15, 0.2) is 30.3 Å². The van der Waals surface area contributed by atoms with Gasteiger partial charge in [0.25, 0.3) is 0 Å². The molecule has 100 valence electrons. The summed E-state index contributed by atoms with van der Waals surface area (Å²) in [5.41, 5.74) is 2.47. The smallest absolute Gasteiger partial charge is 0.233 e. The van der Waals surface area contributed by atoms with Crippen LogP contribution in [0.5, 0.6) is 5.88 Å². The van der Waals surface area contributed by atoms with Crippen molar-refractivity contribution < 1.29 is 9.84 Å². The number of benzene rings is 1. The van der Waals surface area contributed by atoms with Crippen molar-refractivity contribution in [3.8, 4) is 5.88 Å². The average Bonchev–Trinajstić information content (AvgIpc) is 2.42. The van der Waals surface area contributed by atoms with Gasteiger partial charge in [-0.2, -0.15) is 0 Å². The summed E-state index contributed by atoms with van der Waals surface area (Å²) in [5.74, 6) is 0.421. The first kappa shape index (κ1) is 13.8. The standard InChI is InChI=1S/C14H15ClN2O2/c1-9-3-4-10(11(15)7-9)8-13(18)12-5-6-14(19-2)17-16-12/h3-7,13,18H,8H2,1-2H3. The van der Waals surface area contributed by atoms with E-state index in [0.717, 1.165) is 11.1 Å². The number of aryl methyl sites for hydroxylation is 1. The van der Waals surface area contributed by atoms with Crippen LogP contribution in [0.3, 0.4) is 0 Å². The molecule has 1 aromatic heterocycles. The van der Waals surface area contributed by atoms with Crippen LogP contribution in [0.2, 0.25) is 5.02 Å². The summed E-state index contributed by atoms with van der Waals surface area (Å²) in [6, 6.07) is 9.12. The minimum atomic E-state index is -0.737. The van der Waals surface area contributed by atoms with Gasteiger partial charge in [-0.3, -0.25) is 0 Å². The van der Waals surface area contributed by atoms with Gasteiger partial charge in [0, 0.05) is 17.5 Å². The maximum Gasteiger partial charge on any atom is 0.233 e. The van der Waals surface area contributed by atoms with E-state index in [2.05, 4.69) is 10.2 Å². The predicted octanol–water partition coefficient (Wildman–Crippen LogP) is 2.72. The van der Waals surface area contributed by atoms with Crippen molar-refractivity contribution in [2.75, 3.05) is 7.11 Å². The van der Waals surface area contributed by atoms with Crippen LogP contribution < -0.4 is 4.74 Å². The van der Waals surface area contributed by atoms with E-state index in [1.165, 1.54) is 7.11 Å². The summed E-state index contributed by atoms with van der Waals surface area (Å²) in [6.07, 6.45) is -0.334. The molecule has 1 atom stereocenters. The van der Waals surface area contributed by atoms with Crippen molar-refractivity contribution in [1.29, 1.82) is 0 Å². The monoisotopic (exact) mass is 278 g/mol. The van der Waals surface area contributed by atoms with Gasteiger partial charge in [-0.25, -0.2) is 0 Å². The van der Waals surface area contributed by atoms with Gasteiger partial charge in [-0.05, 0) is 30.2 Å². The van der Waals surface area contributed by atoms with Gasteiger partial charge in [0.05, 0.1) is 12.8 Å². The van der Waals surface area contributed by atoms with Crippen LogP contribution in [0.4, 0.5) is 0 Å². The Morgan fingerprint density at radius 3 is 2.63 bits per heavy atom. The molecular weight excluding hydrogens is 264 g/mol. The normalized spacial score (nSPS) is 12.2. The number of aromatic nitrogens is 2. The van der Waals surface area contributed by atoms with E-state index in [1.807, 2.05) is 25.1 Å². The van der Waals surface area contributed by atoms with Crippen molar-refractivity contribution in [3.63, 3.8) is 0 Å². The third-order valence-corrected chi connectivity index (χ3v) is 3.18. The molecule has 0 bridgehead atoms. The lowest BCUT2D eigenvalue weighted by Gasteiger charge is -2.11. The Morgan fingerprint density at radius 1 is 1.26 bits per heavy atom. The van der Waals surface area contributed by atoms with Gasteiger partial charge in [-0.1, -0.05) is 23.7 Å². The average molecular weight is 279 g/mol. The van der Waals surface area contributed by atoms with Gasteiger partial charge in [0.2, 0.25) is 5.88 Å². The number of halogens is 1. The molecule has 5 heteroatoms. The Morgan fingerprint density at radius 2 is 2.05 bits per heavy atom. The lowest BCUT2D eigenvalue weighted by atomic mass is 10.0. The Balaban J connectivity index is 2.13. The topological polar surface area (TPSA) is 55.2 Å². The predicted molar refractivity (Wildman–Crippen MR) is 73.4 cm³/mol. The molecule has 19 heavy (non-hydrogen) atoms. The van der Waals surface area contributed by atoms with Gasteiger partial charge in [0.15, 0.2) is 0 Å². The number of nitrogens with zero attached hydrogens (tertiary/aromatic N) is 2. The molecule has 0 radical (unpaired) electrons. The molecule has 0 aliphatic rings. The van der Waals surface area contributed by atoms with E-state index in [-0.39, 0.29) is 0 Å². The third-order valence-electron chi connectivity index (χ3n) is 2.83. The first-order valence-electron chi connectivity index (χ1n) is 5.91. The number of ether oxygens (including phenoxy) is 1. The minimum absolute atomic E-state index is 0.403. The Bertz CT molecular complexity index is 558. The zero-order chi connectivity index (χ0) is 13.8. The van der Waals surface area contributed by atoms with Crippen LogP contribution >= 0.6 is 11.6 Å². The fourth-order valence-corrected chi connectivity index (χ4v) is 2.06. The number of aliphatic hydroxyl groups is 1. The highest BCUT2D eigenvalue weighted by Crippen LogP contribution is 2.23. The van der Waals surface area contributed by atoms with Crippen LogP contribution in [-0.2, 0) is 6.42 Å². The van der Waals surface area contributed by atoms with Crippen LogP contribution in [0, 0.1) is 6.92 Å². The highest BCUT2D eigenvalue weighted by molar-refractivity contribution is 6.31. The van der Waals surface area contributed by atoms with E-state index < -0.39 is 6.10 Å². The third kappa shape index (κ3) is 3.43. The summed E-state index contributed by atoms with van der Waals surface area (Å²) >= 11 is 6.14. The number of hydrogen-bond acceptors (Lipinski definition) is 4. The second-order valence-electron chi connectivity index (χ2n) is 4.32. The van der Waals surface area contributed by atoms with Gasteiger partial charge in [-0.15, -0.1) is 10.2 Å². The molecule has 0 fully saturated rings. The van der Waals surface area contributed by atoms with Crippen LogP contribution in [-0.4, -0.2) is 22.4 Å². The quantitative estimate of drug-likeness (QED) is 0.934. The van der Waals surface area contributed by atoms with Crippen LogP contribution in [0.1, 0.15) is 22.9 Å². The zero-order valence-electron chi connectivity index (χ0n) is 10.8. The zero-order valence-corrected chi connectivity index (χ0v) is 11.6. The minimum Gasteiger partial charge on any atom is -0.480 e. The molecule has 1 aromatic carbocycles. The summed E-state index contributed by atoms with van der Waals surface area (Å²) in [5, 5.41) is 18.5. The van der Waals surface area contributed by atoms with Crippen molar-refractivity contribution in [3.05, 3.63) is 52.2 Å². The SMILES string of the molecule is COc1ccc(C(O)Cc2ccc(C)cc2Cl)nn1. The maximum atomic E-state index is 10.1. The first-order valence-corrected chi connectivity index (χ1v) is 6.28. The molecule has 0 amide bonds. The highest BCUT2D eigenvalue weighted by Gasteiger charge is 2.13. The molecule has 1 heterocycles. The summed E-state index contributed by atoms with van der Waals surface area (Å²) in [6.45, 7) is 1.97. The number of rotatable bonds is 4. The molecule has 2 rings (SSSR count). The highest BCUT2D eigenvalue weighted by atomic mass is 35.5. The fraction of sp³-hybridized carbons (Fsp3) is 0.286. The van der Waals surface area contributed by atoms with Gasteiger partial charge >= 0.3 is 0 Å². The fourth-order valence-electron chi connectivity index (χ4n) is 1.75. The van der Waals surface area contributed by atoms with Gasteiger partial charge < -0.3 is 9.84 Å². The van der Waals surface area contributed by atoms with E-state index in [9.17, 15) is 5.11 Å².